The SMILES string of the molecule is C=CCN1CC(=O)N2[C@@H](Cc3ccc(O)cc3)C(=O)N(Cc3cccc4c3OCCO4)C[C@@H]2N1C(=O)NCc1ccccc1. The monoisotopic (exact) mass is 597 g/mol. The Bertz CT molecular complexity index is 1530. The molecular formula is C33H35N5O6. The van der Waals surface area contributed by atoms with Crippen LogP contribution < -0.4 is 14.8 Å². The molecule has 2 saturated heterocycles. The fraction of sp³-hybridized carbons (Fsp3) is 0.303. The molecule has 2 N–H and O–H groups in total. The number of carbonyl (C=O) groups excluding carboxylic acids is 3. The van der Waals surface area contributed by atoms with Crippen molar-refractivity contribution in [2.24, 2.45) is 0 Å². The minimum atomic E-state index is -0.877. The van der Waals surface area contributed by atoms with Gasteiger partial charge in [-0.2, -0.15) is 0 Å². The Kier molecular flexibility index (Phi) is 8.38. The van der Waals surface area contributed by atoms with Gasteiger partial charge in [0.1, 0.15) is 31.2 Å². The van der Waals surface area contributed by atoms with Crippen molar-refractivity contribution in [1.82, 2.24) is 25.1 Å². The van der Waals surface area contributed by atoms with Crippen molar-refractivity contribution in [2.45, 2.75) is 31.7 Å². The fourth-order valence-corrected chi connectivity index (χ4v) is 6.02. The van der Waals surface area contributed by atoms with Crippen molar-refractivity contribution in [2.75, 3.05) is 32.8 Å². The highest BCUT2D eigenvalue weighted by Gasteiger charge is 2.51. The largest absolute Gasteiger partial charge is 0.508 e. The summed E-state index contributed by atoms with van der Waals surface area (Å²) in [7, 11) is 0. The molecule has 0 bridgehead atoms. The van der Waals surface area contributed by atoms with Crippen molar-refractivity contribution in [3.05, 3.63) is 102 Å². The number of carbonyl (C=O) groups is 3. The number of phenols is 1. The molecule has 0 unspecified atom stereocenters. The molecule has 3 aromatic rings. The van der Waals surface area contributed by atoms with Gasteiger partial charge in [-0.05, 0) is 29.3 Å². The minimum absolute atomic E-state index is 0.0853. The zero-order valence-corrected chi connectivity index (χ0v) is 24.3. The third-order valence-corrected chi connectivity index (χ3v) is 8.04. The Morgan fingerprint density at radius 3 is 2.52 bits per heavy atom. The summed E-state index contributed by atoms with van der Waals surface area (Å²) in [6.07, 6.45) is 1.09. The summed E-state index contributed by atoms with van der Waals surface area (Å²) in [6, 6.07) is 20.5. The number of benzene rings is 3. The molecule has 0 aromatic heterocycles. The number of rotatable bonds is 8. The second-order valence-electron chi connectivity index (χ2n) is 11.0. The zero-order valence-electron chi connectivity index (χ0n) is 24.3. The molecular weight excluding hydrogens is 562 g/mol. The predicted molar refractivity (Wildman–Crippen MR) is 161 cm³/mol. The minimum Gasteiger partial charge on any atom is -0.508 e. The van der Waals surface area contributed by atoms with E-state index in [1.54, 1.807) is 50.2 Å². The number of aromatic hydroxyl groups is 1. The summed E-state index contributed by atoms with van der Waals surface area (Å²) in [5.74, 6) is 0.824. The van der Waals surface area contributed by atoms with Gasteiger partial charge in [-0.25, -0.2) is 14.8 Å². The number of para-hydroxylation sites is 1. The molecule has 3 aliphatic rings. The van der Waals surface area contributed by atoms with E-state index in [4.69, 9.17) is 9.47 Å². The molecule has 3 heterocycles. The van der Waals surface area contributed by atoms with Crippen molar-refractivity contribution in [1.29, 1.82) is 0 Å². The number of nitrogens with zero attached hydrogens (tertiary/aromatic N) is 4. The van der Waals surface area contributed by atoms with Crippen molar-refractivity contribution in [3.8, 4) is 17.2 Å². The second-order valence-corrected chi connectivity index (χ2v) is 11.0. The number of piperazine rings is 1. The van der Waals surface area contributed by atoms with Gasteiger partial charge < -0.3 is 29.7 Å². The predicted octanol–water partition coefficient (Wildman–Crippen LogP) is 2.90. The van der Waals surface area contributed by atoms with E-state index in [2.05, 4.69) is 11.9 Å². The zero-order chi connectivity index (χ0) is 30.6. The molecule has 11 nitrogen and oxygen atoms in total. The summed E-state index contributed by atoms with van der Waals surface area (Å²) >= 11 is 0. The molecule has 228 valence electrons. The number of hydrazine groups is 1. The number of hydrogen-bond acceptors (Lipinski definition) is 7. The van der Waals surface area contributed by atoms with Crippen LogP contribution in [0.25, 0.3) is 0 Å². The first-order valence-corrected chi connectivity index (χ1v) is 14.6. The molecule has 0 aliphatic carbocycles. The van der Waals surface area contributed by atoms with Crippen LogP contribution >= 0.6 is 0 Å². The van der Waals surface area contributed by atoms with Crippen LogP contribution in [-0.4, -0.2) is 87.8 Å². The van der Waals surface area contributed by atoms with Crippen LogP contribution in [0.5, 0.6) is 17.2 Å². The lowest BCUT2D eigenvalue weighted by Gasteiger charge is -2.55. The van der Waals surface area contributed by atoms with Gasteiger partial charge in [-0.3, -0.25) is 9.59 Å². The maximum Gasteiger partial charge on any atom is 0.334 e. The number of fused-ring (bicyclic) bond motifs is 2. The van der Waals surface area contributed by atoms with E-state index in [0.29, 0.717) is 31.3 Å². The lowest BCUT2D eigenvalue weighted by Crippen LogP contribution is -2.76. The van der Waals surface area contributed by atoms with E-state index in [0.717, 1.165) is 16.7 Å². The highest BCUT2D eigenvalue weighted by Crippen LogP contribution is 2.36. The Morgan fingerprint density at radius 2 is 1.75 bits per heavy atom. The molecule has 2 fully saturated rings. The smallest absolute Gasteiger partial charge is 0.334 e. The maximum absolute atomic E-state index is 14.2. The van der Waals surface area contributed by atoms with Crippen LogP contribution in [0.2, 0.25) is 0 Å². The van der Waals surface area contributed by atoms with E-state index in [1.165, 1.54) is 0 Å². The van der Waals surface area contributed by atoms with Crippen molar-refractivity contribution >= 4 is 17.8 Å². The lowest BCUT2D eigenvalue weighted by atomic mass is 9.98. The Hall–Kier alpha value is -5.03. The highest BCUT2D eigenvalue weighted by molar-refractivity contribution is 5.91. The molecule has 6 rings (SSSR count). The summed E-state index contributed by atoms with van der Waals surface area (Å²) in [6.45, 7) is 5.46. The van der Waals surface area contributed by atoms with Crippen molar-refractivity contribution < 1.29 is 29.0 Å². The molecule has 3 aliphatic heterocycles. The van der Waals surface area contributed by atoms with Crippen LogP contribution in [0.3, 0.4) is 0 Å². The van der Waals surface area contributed by atoms with Crippen LogP contribution in [0.15, 0.2) is 85.5 Å². The summed E-state index contributed by atoms with van der Waals surface area (Å²) < 4.78 is 11.7. The third-order valence-electron chi connectivity index (χ3n) is 8.04. The fourth-order valence-electron chi connectivity index (χ4n) is 6.02. The van der Waals surface area contributed by atoms with Gasteiger partial charge in [0.05, 0.1) is 13.1 Å². The summed E-state index contributed by atoms with van der Waals surface area (Å²) in [4.78, 5) is 45.1. The number of hydrogen-bond donors (Lipinski definition) is 2. The number of ether oxygens (including phenoxy) is 2. The van der Waals surface area contributed by atoms with Gasteiger partial charge in [0, 0.05) is 31.6 Å². The van der Waals surface area contributed by atoms with Crippen LogP contribution in [0.1, 0.15) is 16.7 Å². The van der Waals surface area contributed by atoms with E-state index < -0.39 is 12.2 Å². The molecule has 2 atom stereocenters. The number of urea groups is 1. The topological polar surface area (TPSA) is 115 Å². The average molecular weight is 598 g/mol. The molecule has 44 heavy (non-hydrogen) atoms. The number of amides is 4. The van der Waals surface area contributed by atoms with Gasteiger partial charge in [-0.1, -0.05) is 60.7 Å². The Labute approximate surface area is 255 Å². The Balaban J connectivity index is 1.35. The van der Waals surface area contributed by atoms with Crippen LogP contribution in [0, 0.1) is 0 Å². The van der Waals surface area contributed by atoms with Crippen molar-refractivity contribution in [3.63, 3.8) is 0 Å². The molecule has 0 spiro atoms. The third kappa shape index (κ3) is 5.91. The van der Waals surface area contributed by atoms with Gasteiger partial charge >= 0.3 is 6.03 Å². The first-order valence-electron chi connectivity index (χ1n) is 14.6. The van der Waals surface area contributed by atoms with Crippen LogP contribution in [0.4, 0.5) is 4.79 Å². The first kappa shape index (κ1) is 29.1. The van der Waals surface area contributed by atoms with Gasteiger partial charge in [0.15, 0.2) is 11.5 Å². The molecule has 3 aromatic carbocycles. The quantitative estimate of drug-likeness (QED) is 0.384. The molecule has 11 heteroatoms. The summed E-state index contributed by atoms with van der Waals surface area (Å²) in [5, 5.41) is 16.0. The molecule has 4 amide bonds. The first-order chi connectivity index (χ1) is 21.4. The molecule has 0 saturated carbocycles. The second kappa shape index (κ2) is 12.7. The van der Waals surface area contributed by atoms with E-state index in [9.17, 15) is 19.5 Å². The average Bonchev–Trinajstić information content (AvgIpc) is 3.03. The van der Waals surface area contributed by atoms with Crippen LogP contribution in [-0.2, 0) is 29.1 Å². The maximum atomic E-state index is 14.2. The summed E-state index contributed by atoms with van der Waals surface area (Å²) in [5.41, 5.74) is 2.48. The van der Waals surface area contributed by atoms with E-state index in [-0.39, 0.29) is 56.2 Å². The normalized spacial score (nSPS) is 19.9. The number of nitrogens with one attached hydrogen (secondary N) is 1. The highest BCUT2D eigenvalue weighted by atomic mass is 16.6. The van der Waals surface area contributed by atoms with E-state index in [1.807, 2.05) is 48.5 Å². The Morgan fingerprint density at radius 1 is 0.977 bits per heavy atom. The van der Waals surface area contributed by atoms with Gasteiger partial charge in [0.25, 0.3) is 0 Å². The molecule has 0 radical (unpaired) electrons. The number of phenolic OH excluding ortho intramolecular Hbond substituents is 1. The van der Waals surface area contributed by atoms with Gasteiger partial charge in [0.2, 0.25) is 11.8 Å². The standard InChI is InChI=1S/C33H35N5O6/c1-2-15-36-22-30(40)37-27(18-23-11-13-26(39)14-12-23)32(41)35(20-25-9-6-10-28-31(25)44-17-16-43-28)21-29(37)38(36)33(42)34-19-24-7-4-3-5-8-24/h2-14,27,29,39H,1,15-22H2,(H,34,42)/t27-,29-/m0/s1. The lowest BCUT2D eigenvalue weighted by molar-refractivity contribution is -0.189. The van der Waals surface area contributed by atoms with E-state index >= 15 is 0 Å². The van der Waals surface area contributed by atoms with Gasteiger partial charge in [-0.15, -0.1) is 6.58 Å².